The molecule has 0 aliphatic rings. The Labute approximate surface area is 172 Å². The number of nitrogens with zero attached hydrogens (tertiary/aromatic N) is 1. The first-order valence-corrected chi connectivity index (χ1v) is 8.48. The highest BCUT2D eigenvalue weighted by Crippen LogP contribution is 2.43. The molecule has 0 spiro atoms. The number of benzene rings is 2. The predicted octanol–water partition coefficient (Wildman–Crippen LogP) is 4.89. The average molecular weight is 500 g/mol. The summed E-state index contributed by atoms with van der Waals surface area (Å²) >= 11 is 8.74. The Balaban J connectivity index is 2.73. The molecular formula is C16H8BrClF4N2O5. The zero-order valence-electron chi connectivity index (χ0n) is 14.1. The fourth-order valence-electron chi connectivity index (χ4n) is 2.27. The number of amides is 1. The molecule has 13 heteroatoms. The number of methoxy groups -OCH3 is 1. The first kappa shape index (κ1) is 22.6. The molecule has 0 bridgehead atoms. The largest absolute Gasteiger partial charge is 0.493 e. The zero-order valence-corrected chi connectivity index (χ0v) is 16.4. The molecule has 0 radical (unpaired) electrons. The fourth-order valence-corrected chi connectivity index (χ4v) is 3.23. The molecule has 0 heterocycles. The molecule has 0 saturated heterocycles. The highest BCUT2D eigenvalue weighted by molar-refractivity contribution is 9.10. The Morgan fingerprint density at radius 1 is 1.28 bits per heavy atom. The minimum absolute atomic E-state index is 0.217. The van der Waals surface area contributed by atoms with Gasteiger partial charge in [0, 0.05) is 11.6 Å². The van der Waals surface area contributed by atoms with E-state index in [4.69, 9.17) is 16.3 Å². The van der Waals surface area contributed by atoms with Gasteiger partial charge in [-0.15, -0.1) is 0 Å². The lowest BCUT2D eigenvalue weighted by Gasteiger charge is -2.16. The third kappa shape index (κ3) is 4.65. The van der Waals surface area contributed by atoms with E-state index in [1.54, 1.807) is 0 Å². The second-order valence-electron chi connectivity index (χ2n) is 5.33. The third-order valence-electron chi connectivity index (χ3n) is 3.51. The van der Waals surface area contributed by atoms with Crippen molar-refractivity contribution in [3.63, 3.8) is 0 Å². The van der Waals surface area contributed by atoms with Gasteiger partial charge in [0.2, 0.25) is 5.78 Å². The average Bonchev–Trinajstić information content (AvgIpc) is 2.62. The number of nitrogens with one attached hydrogen (secondary N) is 1. The van der Waals surface area contributed by atoms with Crippen molar-refractivity contribution in [3.05, 3.63) is 60.8 Å². The summed E-state index contributed by atoms with van der Waals surface area (Å²) in [7, 11) is 0.999. The van der Waals surface area contributed by atoms with Crippen LogP contribution in [0.5, 0.6) is 5.75 Å². The van der Waals surface area contributed by atoms with E-state index < -0.39 is 61.3 Å². The Morgan fingerprint density at radius 3 is 2.41 bits per heavy atom. The molecule has 7 nitrogen and oxygen atoms in total. The van der Waals surface area contributed by atoms with E-state index in [2.05, 4.69) is 15.9 Å². The monoisotopic (exact) mass is 498 g/mol. The van der Waals surface area contributed by atoms with Crippen LogP contribution in [0.3, 0.4) is 0 Å². The van der Waals surface area contributed by atoms with E-state index in [9.17, 15) is 37.3 Å². The lowest BCUT2D eigenvalue weighted by Crippen LogP contribution is -2.30. The van der Waals surface area contributed by atoms with Gasteiger partial charge in [-0.3, -0.25) is 19.7 Å². The topological polar surface area (TPSA) is 98.5 Å². The van der Waals surface area contributed by atoms with Crippen molar-refractivity contribution in [2.45, 2.75) is 6.18 Å². The third-order valence-corrected chi connectivity index (χ3v) is 4.59. The van der Waals surface area contributed by atoms with Crippen molar-refractivity contribution in [1.82, 2.24) is 0 Å². The van der Waals surface area contributed by atoms with E-state index in [0.717, 1.165) is 25.3 Å². The highest BCUT2D eigenvalue weighted by Gasteiger charge is 2.40. The number of rotatable bonds is 5. The maximum atomic E-state index is 13.5. The molecule has 2 rings (SSSR count). The summed E-state index contributed by atoms with van der Waals surface area (Å²) in [6.45, 7) is 0. The van der Waals surface area contributed by atoms with Crippen molar-refractivity contribution >= 4 is 50.6 Å². The molecule has 2 aromatic rings. The minimum atomic E-state index is -5.28. The summed E-state index contributed by atoms with van der Waals surface area (Å²) in [5.41, 5.74) is -2.77. The number of halogens is 6. The van der Waals surface area contributed by atoms with Gasteiger partial charge in [0.15, 0.2) is 5.75 Å². The number of hydrogen-bond donors (Lipinski definition) is 1. The molecule has 0 unspecified atom stereocenters. The summed E-state index contributed by atoms with van der Waals surface area (Å²) in [5.74, 6) is -4.86. The molecule has 0 saturated carbocycles. The fraction of sp³-hybridized carbons (Fsp3) is 0.125. The van der Waals surface area contributed by atoms with Crippen LogP contribution in [0.4, 0.5) is 28.9 Å². The van der Waals surface area contributed by atoms with E-state index in [1.807, 2.05) is 0 Å². The predicted molar refractivity (Wildman–Crippen MR) is 96.9 cm³/mol. The number of hydrogen-bond acceptors (Lipinski definition) is 5. The number of carbonyl (C=O) groups excluding carboxylic acids is 2. The second-order valence-corrected chi connectivity index (χ2v) is 6.53. The number of nitro groups is 1. The second kappa shape index (κ2) is 8.33. The summed E-state index contributed by atoms with van der Waals surface area (Å²) in [4.78, 5) is 34.4. The van der Waals surface area contributed by atoms with Crippen LogP contribution < -0.4 is 10.1 Å². The normalized spacial score (nSPS) is 11.1. The maximum absolute atomic E-state index is 13.5. The van der Waals surface area contributed by atoms with Crippen LogP contribution in [0.1, 0.15) is 15.9 Å². The number of ketones is 1. The molecule has 0 aromatic heterocycles. The van der Waals surface area contributed by atoms with Crippen LogP contribution in [0, 0.1) is 15.9 Å². The number of nitro benzene ring substituents is 1. The number of carbonyl (C=O) groups is 2. The number of anilines is 1. The molecule has 29 heavy (non-hydrogen) atoms. The van der Waals surface area contributed by atoms with E-state index in [1.165, 1.54) is 5.32 Å². The van der Waals surface area contributed by atoms with Gasteiger partial charge in [0.05, 0.1) is 27.2 Å². The van der Waals surface area contributed by atoms with Gasteiger partial charge < -0.3 is 10.1 Å². The lowest BCUT2D eigenvalue weighted by atomic mass is 10.00. The molecule has 0 aliphatic heterocycles. The number of ether oxygens (including phenoxy) is 1. The molecule has 2 aromatic carbocycles. The van der Waals surface area contributed by atoms with Gasteiger partial charge in [0.1, 0.15) is 11.4 Å². The van der Waals surface area contributed by atoms with Crippen LogP contribution in [-0.4, -0.2) is 29.9 Å². The molecule has 1 N–H and O–H groups in total. The molecule has 1 amide bonds. The SMILES string of the molecule is COc1c(NC(=O)C(F)(F)F)cc([N+](=O)[O-])c(C(=O)c2cc(F)ccc2Cl)c1Br. The van der Waals surface area contributed by atoms with Gasteiger partial charge in [-0.1, -0.05) is 11.6 Å². The molecule has 0 fully saturated rings. The van der Waals surface area contributed by atoms with Crippen molar-refractivity contribution in [3.8, 4) is 5.75 Å². The molecule has 154 valence electrons. The van der Waals surface area contributed by atoms with Gasteiger partial charge in [-0.25, -0.2) is 4.39 Å². The van der Waals surface area contributed by atoms with Crippen molar-refractivity contribution in [2.75, 3.05) is 12.4 Å². The van der Waals surface area contributed by atoms with Crippen LogP contribution in [0.25, 0.3) is 0 Å². The van der Waals surface area contributed by atoms with Gasteiger partial charge in [0.25, 0.3) is 5.69 Å². The van der Waals surface area contributed by atoms with Crippen LogP contribution >= 0.6 is 27.5 Å². The van der Waals surface area contributed by atoms with Crippen molar-refractivity contribution < 1.29 is 36.8 Å². The minimum Gasteiger partial charge on any atom is -0.493 e. The van der Waals surface area contributed by atoms with E-state index in [-0.39, 0.29) is 5.02 Å². The Bertz CT molecular complexity index is 1030. The zero-order chi connectivity index (χ0) is 22.1. The Kier molecular flexibility index (Phi) is 6.48. The molecule has 0 atom stereocenters. The van der Waals surface area contributed by atoms with Gasteiger partial charge in [-0.05, 0) is 34.1 Å². The van der Waals surface area contributed by atoms with Crippen molar-refractivity contribution in [1.29, 1.82) is 0 Å². The summed E-state index contributed by atoms with van der Waals surface area (Å²) in [6, 6.07) is 3.28. The smallest absolute Gasteiger partial charge is 0.471 e. The summed E-state index contributed by atoms with van der Waals surface area (Å²) in [6.07, 6.45) is -5.28. The highest BCUT2D eigenvalue weighted by atomic mass is 79.9. The van der Waals surface area contributed by atoms with Gasteiger partial charge >= 0.3 is 12.1 Å². The van der Waals surface area contributed by atoms with E-state index in [0.29, 0.717) is 6.07 Å². The summed E-state index contributed by atoms with van der Waals surface area (Å²) in [5, 5.41) is 12.7. The Morgan fingerprint density at radius 2 is 1.90 bits per heavy atom. The van der Waals surface area contributed by atoms with E-state index >= 15 is 0 Å². The summed E-state index contributed by atoms with van der Waals surface area (Å²) < 4.78 is 55.6. The first-order valence-electron chi connectivity index (χ1n) is 7.31. The first-order chi connectivity index (χ1) is 13.4. The quantitative estimate of drug-likeness (QED) is 0.273. The molecular weight excluding hydrogens is 492 g/mol. The lowest BCUT2D eigenvalue weighted by molar-refractivity contribution is -0.385. The Hall–Kier alpha value is -2.73. The van der Waals surface area contributed by atoms with Crippen LogP contribution in [0.2, 0.25) is 5.02 Å². The van der Waals surface area contributed by atoms with Crippen molar-refractivity contribution in [2.24, 2.45) is 0 Å². The van der Waals surface area contributed by atoms with Crippen LogP contribution in [0.15, 0.2) is 28.7 Å². The standard InChI is InChI=1S/C16H8BrClF4N2O5/c1-29-14-9(23-15(26)16(20,21)22)5-10(24(27)28)11(12(14)17)13(25)7-4-6(19)2-3-8(7)18/h2-5H,1H3,(H,23,26). The maximum Gasteiger partial charge on any atom is 0.471 e. The van der Waals surface area contributed by atoms with Gasteiger partial charge in [-0.2, -0.15) is 13.2 Å². The van der Waals surface area contributed by atoms with Crippen LogP contribution in [-0.2, 0) is 4.79 Å². The molecule has 0 aliphatic carbocycles. The number of alkyl halides is 3.